The van der Waals surface area contributed by atoms with Gasteiger partial charge in [0, 0.05) is 36.6 Å². The van der Waals surface area contributed by atoms with E-state index in [4.69, 9.17) is 9.72 Å². The molecule has 4 aromatic rings. The van der Waals surface area contributed by atoms with Gasteiger partial charge in [-0.1, -0.05) is 6.07 Å². The van der Waals surface area contributed by atoms with Gasteiger partial charge in [-0.3, -0.25) is 14.2 Å². The van der Waals surface area contributed by atoms with Gasteiger partial charge in [-0.05, 0) is 61.4 Å². The van der Waals surface area contributed by atoms with Crippen LogP contribution in [0.1, 0.15) is 17.5 Å². The summed E-state index contributed by atoms with van der Waals surface area (Å²) in [6, 6.07) is 13.8. The van der Waals surface area contributed by atoms with Crippen molar-refractivity contribution in [3.63, 3.8) is 0 Å². The molecule has 0 fully saturated rings. The Labute approximate surface area is 181 Å². The minimum atomic E-state index is -0.0426. The number of aromatic nitrogens is 3. The van der Waals surface area contributed by atoms with Crippen molar-refractivity contribution < 1.29 is 9.53 Å². The smallest absolute Gasteiger partial charge is 0.226 e. The van der Waals surface area contributed by atoms with Crippen molar-refractivity contribution in [1.82, 2.24) is 14.4 Å². The number of aryl methyl sites for hydroxylation is 2. The standard InChI is InChI=1S/C24H25N5O2/c1-16-12-17(2)14-19(13-16)27-22(30)8-9-26-24-23(18-4-6-20(31-3)7-5-18)28-21-15-25-10-11-29(21)24/h4-7,10-15,26H,8-9H2,1-3H3,(H,27,30). The first kappa shape index (κ1) is 20.4. The number of anilines is 2. The average Bonchev–Trinajstić information content (AvgIpc) is 3.12. The van der Waals surface area contributed by atoms with Crippen LogP contribution in [0, 0.1) is 13.8 Å². The highest BCUT2D eigenvalue weighted by Gasteiger charge is 2.14. The molecule has 2 aromatic heterocycles. The molecule has 2 N–H and O–H groups in total. The van der Waals surface area contributed by atoms with Gasteiger partial charge in [-0.2, -0.15) is 0 Å². The number of benzene rings is 2. The van der Waals surface area contributed by atoms with Crippen LogP contribution >= 0.6 is 0 Å². The van der Waals surface area contributed by atoms with Crippen molar-refractivity contribution in [1.29, 1.82) is 0 Å². The van der Waals surface area contributed by atoms with Gasteiger partial charge in [-0.25, -0.2) is 4.98 Å². The van der Waals surface area contributed by atoms with E-state index < -0.39 is 0 Å². The maximum absolute atomic E-state index is 12.5. The topological polar surface area (TPSA) is 80.6 Å². The molecule has 0 saturated heterocycles. The van der Waals surface area contributed by atoms with Gasteiger partial charge in [0.2, 0.25) is 5.91 Å². The molecule has 0 bridgehead atoms. The SMILES string of the molecule is COc1ccc(-c2nc3cnccn3c2NCCC(=O)Nc2cc(C)cc(C)c2)cc1. The Morgan fingerprint density at radius 2 is 1.84 bits per heavy atom. The van der Waals surface area contributed by atoms with Gasteiger partial charge in [0.05, 0.1) is 13.3 Å². The maximum atomic E-state index is 12.5. The fourth-order valence-corrected chi connectivity index (χ4v) is 3.59. The molecule has 7 nitrogen and oxygen atoms in total. The molecule has 2 aromatic carbocycles. The summed E-state index contributed by atoms with van der Waals surface area (Å²) in [6.45, 7) is 4.50. The summed E-state index contributed by atoms with van der Waals surface area (Å²) in [7, 11) is 1.64. The third-order valence-electron chi connectivity index (χ3n) is 4.94. The van der Waals surface area contributed by atoms with E-state index in [-0.39, 0.29) is 5.91 Å². The molecule has 0 saturated carbocycles. The number of fused-ring (bicyclic) bond motifs is 1. The van der Waals surface area contributed by atoms with Crippen LogP contribution in [0.25, 0.3) is 16.9 Å². The Balaban J connectivity index is 1.50. The molecule has 1 amide bonds. The van der Waals surface area contributed by atoms with E-state index in [0.717, 1.165) is 45.3 Å². The van der Waals surface area contributed by atoms with Gasteiger partial charge in [0.15, 0.2) is 5.65 Å². The van der Waals surface area contributed by atoms with Crippen molar-refractivity contribution >= 4 is 23.1 Å². The number of hydrogen-bond acceptors (Lipinski definition) is 5. The molecule has 0 atom stereocenters. The fourth-order valence-electron chi connectivity index (χ4n) is 3.59. The first-order valence-corrected chi connectivity index (χ1v) is 10.1. The van der Waals surface area contributed by atoms with Crippen molar-refractivity contribution in [2.75, 3.05) is 24.3 Å². The van der Waals surface area contributed by atoms with Crippen molar-refractivity contribution in [2.45, 2.75) is 20.3 Å². The summed E-state index contributed by atoms with van der Waals surface area (Å²) in [5.41, 5.74) is 5.55. The van der Waals surface area contributed by atoms with Gasteiger partial charge >= 0.3 is 0 Å². The Morgan fingerprint density at radius 1 is 1.10 bits per heavy atom. The minimum absolute atomic E-state index is 0.0426. The highest BCUT2D eigenvalue weighted by molar-refractivity contribution is 5.91. The molecule has 0 radical (unpaired) electrons. The number of carbonyl (C=O) groups is 1. The molecular formula is C24H25N5O2. The van der Waals surface area contributed by atoms with Crippen molar-refractivity contribution in [3.8, 4) is 17.0 Å². The number of amides is 1. The number of ether oxygens (including phenoxy) is 1. The average molecular weight is 415 g/mol. The fraction of sp³-hybridized carbons (Fsp3) is 0.208. The van der Waals surface area contributed by atoms with Crippen LogP contribution in [0.3, 0.4) is 0 Å². The molecule has 7 heteroatoms. The molecule has 4 rings (SSSR count). The molecule has 0 aliphatic heterocycles. The van der Waals surface area contributed by atoms with Crippen LogP contribution in [-0.4, -0.2) is 33.9 Å². The van der Waals surface area contributed by atoms with E-state index in [1.54, 1.807) is 19.5 Å². The molecule has 2 heterocycles. The van der Waals surface area contributed by atoms with E-state index in [1.807, 2.05) is 60.8 Å². The Hall–Kier alpha value is -3.87. The number of nitrogens with one attached hydrogen (secondary N) is 2. The zero-order chi connectivity index (χ0) is 21.8. The third-order valence-corrected chi connectivity index (χ3v) is 4.94. The van der Waals surface area contributed by atoms with Crippen LogP contribution in [-0.2, 0) is 4.79 Å². The summed E-state index contributed by atoms with van der Waals surface area (Å²) in [6.07, 6.45) is 5.61. The Bertz CT molecular complexity index is 1190. The molecule has 31 heavy (non-hydrogen) atoms. The number of hydrogen-bond donors (Lipinski definition) is 2. The summed E-state index contributed by atoms with van der Waals surface area (Å²) in [5.74, 6) is 1.56. The zero-order valence-corrected chi connectivity index (χ0v) is 17.8. The number of imidazole rings is 1. The lowest BCUT2D eigenvalue weighted by Crippen LogP contribution is -2.17. The summed E-state index contributed by atoms with van der Waals surface area (Å²) >= 11 is 0. The molecule has 0 aliphatic carbocycles. The van der Waals surface area contributed by atoms with Gasteiger partial charge in [0.25, 0.3) is 0 Å². The Morgan fingerprint density at radius 3 is 2.55 bits per heavy atom. The molecule has 0 spiro atoms. The number of methoxy groups -OCH3 is 1. The maximum Gasteiger partial charge on any atom is 0.226 e. The van der Waals surface area contributed by atoms with Crippen LogP contribution < -0.4 is 15.4 Å². The monoisotopic (exact) mass is 415 g/mol. The first-order valence-electron chi connectivity index (χ1n) is 10.1. The lowest BCUT2D eigenvalue weighted by Gasteiger charge is -2.10. The van der Waals surface area contributed by atoms with Crippen LogP contribution in [0.5, 0.6) is 5.75 Å². The van der Waals surface area contributed by atoms with Gasteiger partial charge in [-0.15, -0.1) is 0 Å². The normalized spacial score (nSPS) is 10.8. The Kier molecular flexibility index (Phi) is 5.84. The van der Waals surface area contributed by atoms with E-state index >= 15 is 0 Å². The lowest BCUT2D eigenvalue weighted by molar-refractivity contribution is -0.115. The van der Waals surface area contributed by atoms with Gasteiger partial charge < -0.3 is 15.4 Å². The first-order chi connectivity index (χ1) is 15.0. The third kappa shape index (κ3) is 4.66. The summed E-state index contributed by atoms with van der Waals surface area (Å²) in [5, 5.41) is 6.36. The van der Waals surface area contributed by atoms with Crippen molar-refractivity contribution in [2.24, 2.45) is 0 Å². The van der Waals surface area contributed by atoms with Crippen molar-refractivity contribution in [3.05, 3.63) is 72.2 Å². The second kappa shape index (κ2) is 8.87. The highest BCUT2D eigenvalue weighted by atomic mass is 16.5. The van der Waals surface area contributed by atoms with E-state index in [9.17, 15) is 4.79 Å². The predicted molar refractivity (Wildman–Crippen MR) is 123 cm³/mol. The number of nitrogens with zero attached hydrogens (tertiary/aromatic N) is 3. The lowest BCUT2D eigenvalue weighted by atomic mass is 10.1. The van der Waals surface area contributed by atoms with Crippen LogP contribution in [0.4, 0.5) is 11.5 Å². The van der Waals surface area contributed by atoms with Gasteiger partial charge in [0.1, 0.15) is 17.3 Å². The molecule has 0 aliphatic rings. The predicted octanol–water partition coefficient (Wildman–Crippen LogP) is 4.46. The number of rotatable bonds is 7. The summed E-state index contributed by atoms with van der Waals surface area (Å²) in [4.78, 5) is 21.3. The summed E-state index contributed by atoms with van der Waals surface area (Å²) < 4.78 is 7.19. The largest absolute Gasteiger partial charge is 0.497 e. The molecular weight excluding hydrogens is 390 g/mol. The second-order valence-corrected chi connectivity index (χ2v) is 7.44. The van der Waals surface area contributed by atoms with Crippen LogP contribution in [0.15, 0.2) is 61.1 Å². The minimum Gasteiger partial charge on any atom is -0.497 e. The highest BCUT2D eigenvalue weighted by Crippen LogP contribution is 2.29. The van der Waals surface area contributed by atoms with E-state index in [0.29, 0.717) is 13.0 Å². The molecule has 0 unspecified atom stereocenters. The van der Waals surface area contributed by atoms with Crippen LogP contribution in [0.2, 0.25) is 0 Å². The second-order valence-electron chi connectivity index (χ2n) is 7.44. The van der Waals surface area contributed by atoms with E-state index in [2.05, 4.69) is 21.7 Å². The van der Waals surface area contributed by atoms with E-state index in [1.165, 1.54) is 0 Å². The zero-order valence-electron chi connectivity index (χ0n) is 17.8. The quantitative estimate of drug-likeness (QED) is 0.466. The molecule has 158 valence electrons. The number of carbonyl (C=O) groups excluding carboxylic acids is 1.